The molecule has 0 saturated heterocycles. The Morgan fingerprint density at radius 3 is 2.28 bits per heavy atom. The molecule has 8 heteroatoms. The van der Waals surface area contributed by atoms with Crippen LogP contribution in [0.1, 0.15) is 18.0 Å². The van der Waals surface area contributed by atoms with Crippen molar-refractivity contribution in [3.05, 3.63) is 35.9 Å². The van der Waals surface area contributed by atoms with Crippen molar-refractivity contribution in [3.63, 3.8) is 0 Å². The Morgan fingerprint density at radius 2 is 1.83 bits per heavy atom. The normalized spacial score (nSPS) is 13.5. The van der Waals surface area contributed by atoms with E-state index in [-0.39, 0.29) is 0 Å². The minimum Gasteiger partial charge on any atom is -0.481 e. The summed E-state index contributed by atoms with van der Waals surface area (Å²) >= 11 is 0. The van der Waals surface area contributed by atoms with E-state index in [1.165, 1.54) is 12.1 Å². The van der Waals surface area contributed by atoms with E-state index in [2.05, 4.69) is 0 Å². The van der Waals surface area contributed by atoms with Crippen molar-refractivity contribution >= 4 is 16.0 Å². The zero-order valence-corrected chi connectivity index (χ0v) is 9.90. The van der Waals surface area contributed by atoms with Crippen LogP contribution in [0.3, 0.4) is 0 Å². The van der Waals surface area contributed by atoms with Crippen LogP contribution in [0.5, 0.6) is 0 Å². The van der Waals surface area contributed by atoms with Crippen LogP contribution in [0, 0.1) is 0 Å². The summed E-state index contributed by atoms with van der Waals surface area (Å²) in [5, 5.41) is 8.66. The van der Waals surface area contributed by atoms with Crippen molar-refractivity contribution in [2.45, 2.75) is 18.2 Å². The van der Waals surface area contributed by atoms with E-state index in [4.69, 9.17) is 5.11 Å². The molecule has 0 bridgehead atoms. The van der Waals surface area contributed by atoms with Gasteiger partial charge in [0.2, 0.25) is 0 Å². The van der Waals surface area contributed by atoms with Crippen LogP contribution in [0.4, 0.5) is 8.78 Å². The summed E-state index contributed by atoms with van der Waals surface area (Å²) in [5.41, 5.74) is 0.309. The number of carbonyl (C=O) groups is 1. The van der Waals surface area contributed by atoms with E-state index < -0.39 is 34.2 Å². The molecule has 0 aromatic heterocycles. The van der Waals surface area contributed by atoms with Gasteiger partial charge in [-0.2, -0.15) is 8.78 Å². The molecule has 1 rings (SSSR count). The van der Waals surface area contributed by atoms with Crippen molar-refractivity contribution in [1.29, 1.82) is 0 Å². The first-order valence-electron chi connectivity index (χ1n) is 4.89. The van der Waals surface area contributed by atoms with Gasteiger partial charge in [0.1, 0.15) is 0 Å². The molecule has 1 unspecified atom stereocenters. The molecule has 0 fully saturated rings. The number of halogens is 2. The maximum Gasteiger partial charge on any atom is 0.350 e. The molecule has 0 amide bonds. The SMILES string of the molecule is O=C(O)CC(NS(=O)(=O)C(F)F)c1ccccc1. The molecular weight excluding hydrogens is 268 g/mol. The number of rotatable bonds is 6. The number of sulfonamides is 1. The fourth-order valence-corrected chi connectivity index (χ4v) is 2.06. The number of aliphatic carboxylic acids is 1. The minimum absolute atomic E-state index is 0.309. The molecule has 1 aromatic rings. The molecule has 5 nitrogen and oxygen atoms in total. The Morgan fingerprint density at radius 1 is 1.28 bits per heavy atom. The van der Waals surface area contributed by atoms with Crippen LogP contribution in [0.2, 0.25) is 0 Å². The smallest absolute Gasteiger partial charge is 0.350 e. The number of benzene rings is 1. The van der Waals surface area contributed by atoms with Gasteiger partial charge >= 0.3 is 11.7 Å². The molecule has 0 aliphatic heterocycles. The number of carboxylic acid groups (broad SMARTS) is 1. The molecule has 0 saturated carbocycles. The van der Waals surface area contributed by atoms with Crippen LogP contribution in [0.25, 0.3) is 0 Å². The van der Waals surface area contributed by atoms with E-state index in [0.29, 0.717) is 5.56 Å². The van der Waals surface area contributed by atoms with Gasteiger partial charge in [0.25, 0.3) is 10.0 Å². The average molecular weight is 279 g/mol. The topological polar surface area (TPSA) is 83.5 Å². The van der Waals surface area contributed by atoms with Crippen molar-refractivity contribution in [2.24, 2.45) is 0 Å². The Labute approximate surface area is 102 Å². The van der Waals surface area contributed by atoms with Crippen LogP contribution >= 0.6 is 0 Å². The second kappa shape index (κ2) is 5.87. The molecule has 0 aliphatic rings. The van der Waals surface area contributed by atoms with Crippen molar-refractivity contribution < 1.29 is 27.1 Å². The predicted molar refractivity (Wildman–Crippen MR) is 59.5 cm³/mol. The maximum atomic E-state index is 12.2. The highest BCUT2D eigenvalue weighted by Crippen LogP contribution is 2.19. The lowest BCUT2D eigenvalue weighted by Gasteiger charge is -2.16. The van der Waals surface area contributed by atoms with Crippen molar-refractivity contribution in [3.8, 4) is 0 Å². The van der Waals surface area contributed by atoms with Crippen molar-refractivity contribution in [2.75, 3.05) is 0 Å². The monoisotopic (exact) mass is 279 g/mol. The zero-order valence-electron chi connectivity index (χ0n) is 9.08. The summed E-state index contributed by atoms with van der Waals surface area (Å²) in [5.74, 6) is -4.89. The van der Waals surface area contributed by atoms with Crippen LogP contribution in [-0.2, 0) is 14.8 Å². The highest BCUT2D eigenvalue weighted by molar-refractivity contribution is 7.89. The summed E-state index contributed by atoms with van der Waals surface area (Å²) in [6.45, 7) is 0. The van der Waals surface area contributed by atoms with Gasteiger partial charge in [-0.1, -0.05) is 30.3 Å². The lowest BCUT2D eigenvalue weighted by atomic mass is 10.1. The third-order valence-corrected chi connectivity index (χ3v) is 3.20. The van der Waals surface area contributed by atoms with Gasteiger partial charge in [-0.05, 0) is 5.56 Å². The third-order valence-electron chi connectivity index (χ3n) is 2.12. The molecule has 100 valence electrons. The molecule has 0 heterocycles. The standard InChI is InChI=1S/C10H11F2NO4S/c11-10(12)18(16,17)13-8(6-9(14)15)7-4-2-1-3-5-7/h1-5,8,10,13H,6H2,(H,14,15). The number of carboxylic acids is 1. The summed E-state index contributed by atoms with van der Waals surface area (Å²) in [7, 11) is -4.84. The van der Waals surface area contributed by atoms with Gasteiger partial charge in [0, 0.05) is 0 Å². The highest BCUT2D eigenvalue weighted by atomic mass is 32.2. The van der Waals surface area contributed by atoms with Crippen LogP contribution in [0.15, 0.2) is 30.3 Å². The molecule has 1 aromatic carbocycles. The van der Waals surface area contributed by atoms with Gasteiger partial charge in [-0.25, -0.2) is 13.1 Å². The maximum absolute atomic E-state index is 12.2. The van der Waals surface area contributed by atoms with Gasteiger partial charge in [-0.3, -0.25) is 4.79 Å². The molecule has 0 aliphatic carbocycles. The van der Waals surface area contributed by atoms with E-state index in [1.54, 1.807) is 22.9 Å². The first-order valence-corrected chi connectivity index (χ1v) is 6.43. The fraction of sp³-hybridized carbons (Fsp3) is 0.300. The minimum atomic E-state index is -4.84. The molecule has 18 heavy (non-hydrogen) atoms. The summed E-state index contributed by atoms with van der Waals surface area (Å²) in [4.78, 5) is 10.6. The predicted octanol–water partition coefficient (Wildman–Crippen LogP) is 1.34. The van der Waals surface area contributed by atoms with E-state index in [0.717, 1.165) is 0 Å². The van der Waals surface area contributed by atoms with Crippen LogP contribution < -0.4 is 4.72 Å². The van der Waals surface area contributed by atoms with Gasteiger partial charge in [0.15, 0.2) is 0 Å². The Hall–Kier alpha value is -1.54. The second-order valence-electron chi connectivity index (χ2n) is 3.48. The average Bonchev–Trinajstić information content (AvgIpc) is 2.28. The first kappa shape index (κ1) is 14.5. The quantitative estimate of drug-likeness (QED) is 0.823. The molecule has 1 atom stereocenters. The van der Waals surface area contributed by atoms with E-state index in [9.17, 15) is 22.0 Å². The summed E-state index contributed by atoms with van der Waals surface area (Å²) in [6, 6.07) is 6.45. The third kappa shape index (κ3) is 4.04. The van der Waals surface area contributed by atoms with E-state index >= 15 is 0 Å². The molecular formula is C10H11F2NO4S. The molecule has 2 N–H and O–H groups in total. The summed E-state index contributed by atoms with van der Waals surface area (Å²) in [6.07, 6.45) is -0.615. The summed E-state index contributed by atoms with van der Waals surface area (Å²) < 4.78 is 48.2. The first-order chi connectivity index (χ1) is 8.33. The number of hydrogen-bond acceptors (Lipinski definition) is 3. The fourth-order valence-electron chi connectivity index (χ4n) is 1.34. The zero-order chi connectivity index (χ0) is 13.8. The lowest BCUT2D eigenvalue weighted by Crippen LogP contribution is -2.34. The number of hydrogen-bond donors (Lipinski definition) is 2. The number of nitrogens with one attached hydrogen (secondary N) is 1. The lowest BCUT2D eigenvalue weighted by molar-refractivity contribution is -0.137. The largest absolute Gasteiger partial charge is 0.481 e. The Kier molecular flexibility index (Phi) is 4.74. The molecule has 0 spiro atoms. The Balaban J connectivity index is 2.97. The van der Waals surface area contributed by atoms with Crippen LogP contribution in [-0.4, -0.2) is 25.3 Å². The Bertz CT molecular complexity index is 504. The second-order valence-corrected chi connectivity index (χ2v) is 5.17. The van der Waals surface area contributed by atoms with Crippen molar-refractivity contribution in [1.82, 2.24) is 4.72 Å². The van der Waals surface area contributed by atoms with Gasteiger partial charge in [-0.15, -0.1) is 0 Å². The number of alkyl halides is 2. The van der Waals surface area contributed by atoms with E-state index in [1.807, 2.05) is 0 Å². The van der Waals surface area contributed by atoms with Gasteiger partial charge in [0.05, 0.1) is 12.5 Å². The van der Waals surface area contributed by atoms with Gasteiger partial charge < -0.3 is 5.11 Å². The molecule has 0 radical (unpaired) electrons. The highest BCUT2D eigenvalue weighted by Gasteiger charge is 2.29.